The summed E-state index contributed by atoms with van der Waals surface area (Å²) in [5.41, 5.74) is 3.75. The summed E-state index contributed by atoms with van der Waals surface area (Å²) in [6.45, 7) is 6.24. The van der Waals surface area contributed by atoms with Gasteiger partial charge in [0.25, 0.3) is 5.91 Å². The van der Waals surface area contributed by atoms with Gasteiger partial charge in [0.15, 0.2) is 0 Å². The third kappa shape index (κ3) is 3.76. The first-order valence-corrected chi connectivity index (χ1v) is 8.43. The van der Waals surface area contributed by atoms with E-state index >= 15 is 0 Å². The maximum absolute atomic E-state index is 12.7. The van der Waals surface area contributed by atoms with Crippen LogP contribution in [0.15, 0.2) is 42.5 Å². The average Bonchev–Trinajstić information content (AvgIpc) is 3.32. The lowest BCUT2D eigenvalue weighted by molar-refractivity contribution is 0.0903. The van der Waals surface area contributed by atoms with E-state index in [2.05, 4.69) is 25.2 Å². The van der Waals surface area contributed by atoms with E-state index in [4.69, 9.17) is 11.6 Å². The monoisotopic (exact) mass is 327 g/mol. The van der Waals surface area contributed by atoms with Crippen LogP contribution in [0.2, 0.25) is 5.02 Å². The maximum Gasteiger partial charge on any atom is 0.251 e. The number of aryl methyl sites for hydroxylation is 1. The quantitative estimate of drug-likeness (QED) is 0.818. The van der Waals surface area contributed by atoms with Gasteiger partial charge in [-0.05, 0) is 80.5 Å². The van der Waals surface area contributed by atoms with E-state index in [0.717, 1.165) is 16.7 Å². The molecule has 0 aliphatic heterocycles. The van der Waals surface area contributed by atoms with Crippen LogP contribution in [0, 0.1) is 12.8 Å². The smallest absolute Gasteiger partial charge is 0.251 e. The Hall–Kier alpha value is -1.80. The van der Waals surface area contributed by atoms with Crippen LogP contribution in [-0.2, 0) is 0 Å². The van der Waals surface area contributed by atoms with E-state index in [1.165, 1.54) is 12.8 Å². The average molecular weight is 328 g/mol. The van der Waals surface area contributed by atoms with Gasteiger partial charge < -0.3 is 5.32 Å². The molecule has 1 N–H and O–H groups in total. The molecule has 0 bridgehead atoms. The molecule has 120 valence electrons. The molecule has 0 aromatic heterocycles. The second kappa shape index (κ2) is 6.01. The Bertz CT molecular complexity index is 730. The van der Waals surface area contributed by atoms with Gasteiger partial charge in [0.1, 0.15) is 0 Å². The molecule has 3 rings (SSSR count). The summed E-state index contributed by atoms with van der Waals surface area (Å²) in [5.74, 6) is 0.604. The van der Waals surface area contributed by atoms with Crippen molar-refractivity contribution in [1.82, 2.24) is 5.32 Å². The van der Waals surface area contributed by atoms with Crippen molar-refractivity contribution in [2.24, 2.45) is 5.92 Å². The molecular formula is C20H22ClNO. The Morgan fingerprint density at radius 3 is 2.35 bits per heavy atom. The summed E-state index contributed by atoms with van der Waals surface area (Å²) in [7, 11) is 0. The van der Waals surface area contributed by atoms with Gasteiger partial charge >= 0.3 is 0 Å². The van der Waals surface area contributed by atoms with Crippen LogP contribution in [0.5, 0.6) is 0 Å². The third-order valence-electron chi connectivity index (χ3n) is 4.55. The van der Waals surface area contributed by atoms with Gasteiger partial charge in [-0.2, -0.15) is 0 Å². The van der Waals surface area contributed by atoms with E-state index in [0.29, 0.717) is 16.5 Å². The lowest BCUT2D eigenvalue weighted by Crippen LogP contribution is -2.45. The molecule has 23 heavy (non-hydrogen) atoms. The van der Waals surface area contributed by atoms with E-state index < -0.39 is 0 Å². The SMILES string of the molecule is Cc1cc(C(=O)NC(C)(C)C2CC2)cc(-c2ccc(Cl)cc2)c1. The summed E-state index contributed by atoms with van der Waals surface area (Å²) < 4.78 is 0. The van der Waals surface area contributed by atoms with Crippen molar-refractivity contribution >= 4 is 17.5 Å². The summed E-state index contributed by atoms with van der Waals surface area (Å²) in [5, 5.41) is 3.90. The molecule has 0 heterocycles. The highest BCUT2D eigenvalue weighted by atomic mass is 35.5. The van der Waals surface area contributed by atoms with E-state index in [1.807, 2.05) is 43.3 Å². The Morgan fingerprint density at radius 2 is 1.74 bits per heavy atom. The number of hydrogen-bond donors (Lipinski definition) is 1. The molecule has 1 saturated carbocycles. The molecule has 0 radical (unpaired) electrons. The third-order valence-corrected chi connectivity index (χ3v) is 4.80. The summed E-state index contributed by atoms with van der Waals surface area (Å²) in [6, 6.07) is 13.7. The van der Waals surface area contributed by atoms with E-state index in [9.17, 15) is 4.79 Å². The normalized spacial score (nSPS) is 14.6. The summed E-state index contributed by atoms with van der Waals surface area (Å²) in [6.07, 6.45) is 2.41. The molecule has 0 spiro atoms. The van der Waals surface area contributed by atoms with Crippen molar-refractivity contribution in [3.63, 3.8) is 0 Å². The Balaban J connectivity index is 1.88. The van der Waals surface area contributed by atoms with Gasteiger partial charge in [-0.3, -0.25) is 4.79 Å². The van der Waals surface area contributed by atoms with Crippen molar-refractivity contribution < 1.29 is 4.79 Å². The number of halogens is 1. The van der Waals surface area contributed by atoms with E-state index in [1.54, 1.807) is 0 Å². The molecular weight excluding hydrogens is 306 g/mol. The molecule has 2 aromatic rings. The van der Waals surface area contributed by atoms with Gasteiger partial charge in [-0.1, -0.05) is 29.8 Å². The second-order valence-electron chi connectivity index (χ2n) is 7.04. The molecule has 2 nitrogen and oxygen atoms in total. The standard InChI is InChI=1S/C20H22ClNO/c1-13-10-15(14-4-8-18(21)9-5-14)12-16(11-13)19(23)22-20(2,3)17-6-7-17/h4-5,8-12,17H,6-7H2,1-3H3,(H,22,23). The van der Waals surface area contributed by atoms with Gasteiger partial charge in [-0.15, -0.1) is 0 Å². The number of rotatable bonds is 4. The van der Waals surface area contributed by atoms with Crippen molar-refractivity contribution in [1.29, 1.82) is 0 Å². The summed E-state index contributed by atoms with van der Waals surface area (Å²) >= 11 is 5.96. The molecule has 1 fully saturated rings. The first-order valence-electron chi connectivity index (χ1n) is 8.05. The molecule has 3 heteroatoms. The zero-order valence-electron chi connectivity index (χ0n) is 13.8. The van der Waals surface area contributed by atoms with Gasteiger partial charge in [0.2, 0.25) is 0 Å². The molecule has 1 amide bonds. The number of benzene rings is 2. The zero-order valence-corrected chi connectivity index (χ0v) is 14.6. The minimum Gasteiger partial charge on any atom is -0.347 e. The van der Waals surface area contributed by atoms with Crippen LogP contribution in [0.3, 0.4) is 0 Å². The highest BCUT2D eigenvalue weighted by Crippen LogP contribution is 2.39. The van der Waals surface area contributed by atoms with Crippen LogP contribution in [0.4, 0.5) is 0 Å². The molecule has 2 aromatic carbocycles. The minimum atomic E-state index is -0.138. The van der Waals surface area contributed by atoms with Crippen molar-refractivity contribution in [3.05, 3.63) is 58.6 Å². The highest BCUT2D eigenvalue weighted by Gasteiger charge is 2.38. The first kappa shape index (κ1) is 16.1. The number of carbonyl (C=O) groups is 1. The molecule has 0 unspecified atom stereocenters. The van der Waals surface area contributed by atoms with Crippen molar-refractivity contribution in [2.45, 2.75) is 39.2 Å². The molecule has 0 atom stereocenters. The number of amides is 1. The Labute approximate surface area is 142 Å². The number of hydrogen-bond acceptors (Lipinski definition) is 1. The highest BCUT2D eigenvalue weighted by molar-refractivity contribution is 6.30. The molecule has 0 saturated heterocycles. The number of carbonyl (C=O) groups excluding carboxylic acids is 1. The molecule has 1 aliphatic rings. The van der Waals surface area contributed by atoms with Crippen LogP contribution >= 0.6 is 11.6 Å². The van der Waals surface area contributed by atoms with Crippen LogP contribution < -0.4 is 5.32 Å². The second-order valence-corrected chi connectivity index (χ2v) is 7.48. The van der Waals surface area contributed by atoms with Gasteiger partial charge in [-0.25, -0.2) is 0 Å². The van der Waals surface area contributed by atoms with Crippen LogP contribution in [0.25, 0.3) is 11.1 Å². The molecule has 1 aliphatic carbocycles. The maximum atomic E-state index is 12.7. The van der Waals surface area contributed by atoms with Crippen LogP contribution in [-0.4, -0.2) is 11.4 Å². The summed E-state index contributed by atoms with van der Waals surface area (Å²) in [4.78, 5) is 12.7. The van der Waals surface area contributed by atoms with Gasteiger partial charge in [0, 0.05) is 16.1 Å². The van der Waals surface area contributed by atoms with Crippen LogP contribution in [0.1, 0.15) is 42.6 Å². The Morgan fingerprint density at radius 1 is 1.09 bits per heavy atom. The Kier molecular flexibility index (Phi) is 4.20. The van der Waals surface area contributed by atoms with E-state index in [-0.39, 0.29) is 11.4 Å². The zero-order chi connectivity index (χ0) is 16.6. The lowest BCUT2D eigenvalue weighted by atomic mass is 9.96. The van der Waals surface area contributed by atoms with Crippen molar-refractivity contribution in [2.75, 3.05) is 0 Å². The first-order chi connectivity index (χ1) is 10.8. The predicted molar refractivity (Wildman–Crippen MR) is 95.9 cm³/mol. The fourth-order valence-electron chi connectivity index (χ4n) is 3.00. The fourth-order valence-corrected chi connectivity index (χ4v) is 3.12. The van der Waals surface area contributed by atoms with Gasteiger partial charge in [0.05, 0.1) is 0 Å². The largest absolute Gasteiger partial charge is 0.347 e. The van der Waals surface area contributed by atoms with Crippen molar-refractivity contribution in [3.8, 4) is 11.1 Å². The fraction of sp³-hybridized carbons (Fsp3) is 0.350. The topological polar surface area (TPSA) is 29.1 Å². The predicted octanol–water partition coefficient (Wildman–Crippen LogP) is 5.23. The minimum absolute atomic E-state index is 0.000753. The number of nitrogens with one attached hydrogen (secondary N) is 1. The lowest BCUT2D eigenvalue weighted by Gasteiger charge is -2.26.